The topological polar surface area (TPSA) is 111 Å². The Kier molecular flexibility index (Phi) is 58.9. The van der Waals surface area contributed by atoms with Gasteiger partial charge in [-0.2, -0.15) is 0 Å². The molecule has 10 heteroatoms. The van der Waals surface area contributed by atoms with Crippen LogP contribution in [-0.4, -0.2) is 70.0 Å². The summed E-state index contributed by atoms with van der Waals surface area (Å²) in [5.41, 5.74) is 0. The highest BCUT2D eigenvalue weighted by molar-refractivity contribution is 7.45. The third-order valence-electron chi connectivity index (χ3n) is 15.5. The number of nitrogens with zero attached hydrogens (tertiary/aromatic N) is 1. The van der Waals surface area contributed by atoms with Crippen LogP contribution in [0.3, 0.4) is 0 Å². The number of phosphoric ester groups is 1. The number of phosphoric acid groups is 1. The predicted molar refractivity (Wildman–Crippen MR) is 333 cm³/mol. The molecule has 0 saturated heterocycles. The van der Waals surface area contributed by atoms with Gasteiger partial charge in [-0.05, 0) is 44.9 Å². The van der Waals surface area contributed by atoms with Crippen molar-refractivity contribution >= 4 is 19.8 Å². The quantitative estimate of drug-likeness (QED) is 0.0195. The average Bonchev–Trinajstić information content (AvgIpc) is 3.40. The van der Waals surface area contributed by atoms with Gasteiger partial charge >= 0.3 is 11.9 Å². The lowest BCUT2D eigenvalue weighted by molar-refractivity contribution is -0.870. The van der Waals surface area contributed by atoms with E-state index in [2.05, 4.69) is 38.2 Å². The van der Waals surface area contributed by atoms with Crippen molar-refractivity contribution in [1.82, 2.24) is 0 Å². The summed E-state index contributed by atoms with van der Waals surface area (Å²) >= 11 is 0. The molecular weight excluding hydrogens is 990 g/mol. The molecule has 2 atom stereocenters. The van der Waals surface area contributed by atoms with Crippen LogP contribution < -0.4 is 4.89 Å². The van der Waals surface area contributed by atoms with Crippen molar-refractivity contribution < 1.29 is 42.1 Å². The van der Waals surface area contributed by atoms with Crippen molar-refractivity contribution in [1.29, 1.82) is 0 Å². The number of carbonyl (C=O) groups excluding carboxylic acids is 2. The molecule has 0 amide bonds. The van der Waals surface area contributed by atoms with E-state index in [1.54, 1.807) is 0 Å². The van der Waals surface area contributed by atoms with Crippen molar-refractivity contribution in [3.63, 3.8) is 0 Å². The average molecular weight is 1120 g/mol. The van der Waals surface area contributed by atoms with Crippen LogP contribution in [0.5, 0.6) is 0 Å². The highest BCUT2D eigenvalue weighted by Gasteiger charge is 2.22. The molecule has 462 valence electrons. The second kappa shape index (κ2) is 60.1. The van der Waals surface area contributed by atoms with Gasteiger partial charge in [0.2, 0.25) is 0 Å². The first kappa shape index (κ1) is 76.5. The van der Waals surface area contributed by atoms with Gasteiger partial charge in [-0.3, -0.25) is 14.2 Å². The Morgan fingerprint density at radius 1 is 0.397 bits per heavy atom. The molecule has 78 heavy (non-hydrogen) atoms. The Morgan fingerprint density at radius 3 is 1.03 bits per heavy atom. The van der Waals surface area contributed by atoms with Crippen LogP contribution in [0, 0.1) is 0 Å². The van der Waals surface area contributed by atoms with E-state index in [0.717, 1.165) is 51.4 Å². The SMILES string of the molecule is CCCCCC/C=C\C/C=C\CCCCCCCCCC(=O)OC(COC(=O)CCCCCCCCCCCCCCCCCCCCCCCCCCCCCCCCCCCCCC)COP(=O)([O-])OCC[N+](C)(C)C. The fraction of sp³-hybridized carbons (Fsp3) is 0.912. The summed E-state index contributed by atoms with van der Waals surface area (Å²) in [6, 6.07) is 0. The Labute approximate surface area is 485 Å². The first-order valence-electron chi connectivity index (χ1n) is 34.0. The predicted octanol–water partition coefficient (Wildman–Crippen LogP) is 21.1. The van der Waals surface area contributed by atoms with Gasteiger partial charge in [-0.25, -0.2) is 0 Å². The molecule has 0 aromatic carbocycles. The maximum atomic E-state index is 12.8. The minimum absolute atomic E-state index is 0.0300. The fourth-order valence-corrected chi connectivity index (χ4v) is 10.9. The standard InChI is InChI=1S/C68H132NO8P/c1-6-8-10-12-14-16-18-20-22-24-26-27-28-29-30-31-32-33-34-35-36-37-38-39-40-41-42-43-45-46-48-50-52-54-56-58-60-67(70)74-64-66(65-76-78(72,73)75-63-62-69(3,4)5)77-68(71)61-59-57-55-53-51-49-47-44-25-23-21-19-17-15-13-11-9-7-2/h17,19,23,25,66H,6-16,18,20-22,24,26-65H2,1-5H3/b19-17-,25-23-. The van der Waals surface area contributed by atoms with E-state index in [4.69, 9.17) is 18.5 Å². The third-order valence-corrected chi connectivity index (χ3v) is 16.4. The van der Waals surface area contributed by atoms with E-state index in [1.807, 2.05) is 21.1 Å². The summed E-state index contributed by atoms with van der Waals surface area (Å²) in [5.74, 6) is -0.824. The number of rotatable bonds is 64. The lowest BCUT2D eigenvalue weighted by atomic mass is 10.0. The fourth-order valence-electron chi connectivity index (χ4n) is 10.2. The number of hydrogen-bond donors (Lipinski definition) is 0. The van der Waals surface area contributed by atoms with Gasteiger partial charge in [0.25, 0.3) is 7.82 Å². The Balaban J connectivity index is 3.91. The number of likely N-dealkylation sites (N-methyl/N-ethyl adjacent to an activating group) is 1. The largest absolute Gasteiger partial charge is 0.756 e. The van der Waals surface area contributed by atoms with Crippen LogP contribution in [0.1, 0.15) is 348 Å². The number of esters is 2. The van der Waals surface area contributed by atoms with E-state index in [9.17, 15) is 19.0 Å². The molecule has 0 radical (unpaired) electrons. The summed E-state index contributed by atoms with van der Waals surface area (Å²) in [4.78, 5) is 37.9. The normalized spacial score (nSPS) is 13.3. The molecule has 0 aromatic heterocycles. The van der Waals surface area contributed by atoms with Crippen LogP contribution in [0.15, 0.2) is 24.3 Å². The Morgan fingerprint density at radius 2 is 0.692 bits per heavy atom. The van der Waals surface area contributed by atoms with Gasteiger partial charge in [-0.1, -0.05) is 314 Å². The minimum atomic E-state index is -4.64. The second-order valence-corrected chi connectivity index (χ2v) is 26.0. The van der Waals surface area contributed by atoms with E-state index >= 15 is 0 Å². The first-order valence-corrected chi connectivity index (χ1v) is 35.5. The molecule has 9 nitrogen and oxygen atoms in total. The van der Waals surface area contributed by atoms with Crippen LogP contribution in [0.25, 0.3) is 0 Å². The van der Waals surface area contributed by atoms with E-state index in [-0.39, 0.29) is 32.0 Å². The smallest absolute Gasteiger partial charge is 0.306 e. The minimum Gasteiger partial charge on any atom is -0.756 e. The van der Waals surface area contributed by atoms with Gasteiger partial charge in [0.05, 0.1) is 27.7 Å². The summed E-state index contributed by atoms with van der Waals surface area (Å²) in [5, 5.41) is 0. The summed E-state index contributed by atoms with van der Waals surface area (Å²) < 4.78 is 34.2. The highest BCUT2D eigenvalue weighted by Crippen LogP contribution is 2.38. The van der Waals surface area contributed by atoms with Crippen LogP contribution in [-0.2, 0) is 32.7 Å². The van der Waals surface area contributed by atoms with Gasteiger partial charge in [0, 0.05) is 12.8 Å². The Hall–Kier alpha value is -1.51. The van der Waals surface area contributed by atoms with Crippen LogP contribution in [0.2, 0.25) is 0 Å². The molecule has 0 bridgehead atoms. The Bertz CT molecular complexity index is 1370. The van der Waals surface area contributed by atoms with Gasteiger partial charge in [0.1, 0.15) is 19.8 Å². The third kappa shape index (κ3) is 63.7. The number of hydrogen-bond acceptors (Lipinski definition) is 8. The molecule has 0 aliphatic carbocycles. The molecule has 0 heterocycles. The van der Waals surface area contributed by atoms with Crippen LogP contribution >= 0.6 is 7.82 Å². The van der Waals surface area contributed by atoms with Crippen molar-refractivity contribution in [3.05, 3.63) is 24.3 Å². The number of carbonyl (C=O) groups is 2. The molecular formula is C68H132NO8P. The zero-order chi connectivity index (χ0) is 57.0. The first-order chi connectivity index (χ1) is 38.0. The molecule has 2 unspecified atom stereocenters. The molecule has 0 N–H and O–H groups in total. The zero-order valence-electron chi connectivity index (χ0n) is 52.6. The number of ether oxygens (including phenoxy) is 2. The molecule has 0 aliphatic heterocycles. The maximum Gasteiger partial charge on any atom is 0.306 e. The summed E-state index contributed by atoms with van der Waals surface area (Å²) in [6.07, 6.45) is 74.2. The van der Waals surface area contributed by atoms with Crippen molar-refractivity contribution in [2.24, 2.45) is 0 Å². The molecule has 0 saturated carbocycles. The second-order valence-electron chi connectivity index (χ2n) is 24.6. The summed E-state index contributed by atoms with van der Waals surface area (Å²) in [7, 11) is 1.18. The highest BCUT2D eigenvalue weighted by atomic mass is 31.2. The summed E-state index contributed by atoms with van der Waals surface area (Å²) in [6.45, 7) is 4.27. The van der Waals surface area contributed by atoms with Crippen molar-refractivity contribution in [2.75, 3.05) is 47.5 Å². The van der Waals surface area contributed by atoms with Crippen molar-refractivity contribution in [3.8, 4) is 0 Å². The van der Waals surface area contributed by atoms with Crippen LogP contribution in [0.4, 0.5) is 0 Å². The zero-order valence-corrected chi connectivity index (χ0v) is 53.5. The van der Waals surface area contributed by atoms with E-state index in [1.165, 1.54) is 263 Å². The molecule has 0 fully saturated rings. The van der Waals surface area contributed by atoms with Gasteiger partial charge < -0.3 is 27.9 Å². The molecule has 0 aromatic rings. The van der Waals surface area contributed by atoms with E-state index < -0.39 is 26.5 Å². The van der Waals surface area contributed by atoms with Gasteiger partial charge in [0.15, 0.2) is 6.10 Å². The van der Waals surface area contributed by atoms with Gasteiger partial charge in [-0.15, -0.1) is 0 Å². The lowest BCUT2D eigenvalue weighted by Gasteiger charge is -2.28. The number of allylic oxidation sites excluding steroid dienone is 4. The lowest BCUT2D eigenvalue weighted by Crippen LogP contribution is -2.37. The maximum absolute atomic E-state index is 12.8. The molecule has 0 rings (SSSR count). The molecule has 0 aliphatic rings. The number of quaternary nitrogens is 1. The van der Waals surface area contributed by atoms with E-state index in [0.29, 0.717) is 17.4 Å². The number of unbranched alkanes of at least 4 members (excludes halogenated alkanes) is 46. The monoisotopic (exact) mass is 1120 g/mol. The molecule has 0 spiro atoms. The van der Waals surface area contributed by atoms with Crippen molar-refractivity contribution in [2.45, 2.75) is 354 Å².